The molecular weight excluding hydrogens is 560 g/mol. The van der Waals surface area contributed by atoms with Gasteiger partial charge >= 0.3 is 0 Å². The van der Waals surface area contributed by atoms with Crippen molar-refractivity contribution in [3.05, 3.63) is 94.0 Å². The molecule has 3 rings (SSSR count). The predicted molar refractivity (Wildman–Crippen MR) is 150 cm³/mol. The summed E-state index contributed by atoms with van der Waals surface area (Å²) in [6.45, 7) is -1.18. The molecule has 40 heavy (non-hydrogen) atoms. The molecule has 0 heterocycles. The maximum absolute atomic E-state index is 13.3. The number of nitrogens with zero attached hydrogens (tertiary/aromatic N) is 1. The Morgan fingerprint density at radius 1 is 0.925 bits per heavy atom. The molecule has 0 fully saturated rings. The van der Waals surface area contributed by atoms with Crippen LogP contribution < -0.4 is 31.6 Å². The number of amides is 3. The fourth-order valence-electron chi connectivity index (χ4n) is 3.63. The normalized spacial score (nSPS) is 10.9. The Labute approximate surface area is 235 Å². The second kappa shape index (κ2) is 13.0. The molecule has 3 aromatic rings. The largest absolute Gasteiger partial charge is 0.483 e. The van der Waals surface area contributed by atoms with Crippen LogP contribution in [0.4, 0.5) is 5.69 Å². The zero-order valence-corrected chi connectivity index (χ0v) is 22.7. The van der Waals surface area contributed by atoms with E-state index in [-0.39, 0.29) is 34.4 Å². The van der Waals surface area contributed by atoms with Gasteiger partial charge in [-0.3, -0.25) is 24.1 Å². The number of nitrogen functional groups attached to an aromatic ring is 1. The third-order valence-electron chi connectivity index (χ3n) is 5.45. The van der Waals surface area contributed by atoms with Crippen LogP contribution >= 0.6 is 11.6 Å². The number of carbonyl (C=O) groups is 3. The van der Waals surface area contributed by atoms with Crippen LogP contribution in [0.2, 0.25) is 5.02 Å². The minimum atomic E-state index is -4.11. The smallest absolute Gasteiger partial charge is 0.255 e. The maximum atomic E-state index is 13.3. The van der Waals surface area contributed by atoms with Crippen molar-refractivity contribution in [1.29, 1.82) is 5.41 Å². The number of amidine groups is 1. The van der Waals surface area contributed by atoms with Crippen LogP contribution in [0, 0.1) is 5.41 Å². The van der Waals surface area contributed by atoms with Crippen molar-refractivity contribution in [2.75, 3.05) is 17.5 Å². The highest BCUT2D eigenvalue weighted by atomic mass is 35.5. The second-order valence-electron chi connectivity index (χ2n) is 8.59. The van der Waals surface area contributed by atoms with Gasteiger partial charge in [0.05, 0.1) is 11.4 Å². The van der Waals surface area contributed by atoms with Gasteiger partial charge in [-0.1, -0.05) is 54.1 Å². The van der Waals surface area contributed by atoms with Crippen LogP contribution in [0.5, 0.6) is 5.75 Å². The molecular formula is C26H27ClN6O6S. The molecule has 0 aliphatic carbocycles. The summed E-state index contributed by atoms with van der Waals surface area (Å²) in [5.41, 5.74) is 17.3. The fourth-order valence-corrected chi connectivity index (χ4v) is 5.38. The molecule has 0 saturated heterocycles. The van der Waals surface area contributed by atoms with Gasteiger partial charge in [-0.15, -0.1) is 0 Å². The molecule has 0 unspecified atom stereocenters. The number of primary amides is 2. The fraction of sp³-hybridized carbons (Fsp3) is 0.154. The minimum absolute atomic E-state index is 0.00634. The topological polar surface area (TPSA) is 212 Å². The van der Waals surface area contributed by atoms with Crippen molar-refractivity contribution in [1.82, 2.24) is 5.32 Å². The van der Waals surface area contributed by atoms with Gasteiger partial charge in [0, 0.05) is 28.3 Å². The van der Waals surface area contributed by atoms with E-state index < -0.39 is 46.6 Å². The lowest BCUT2D eigenvalue weighted by Crippen LogP contribution is -2.39. The van der Waals surface area contributed by atoms with Gasteiger partial charge in [-0.2, -0.15) is 0 Å². The summed E-state index contributed by atoms with van der Waals surface area (Å²) in [6, 6.07) is 16.8. The molecule has 210 valence electrons. The van der Waals surface area contributed by atoms with E-state index in [1.165, 1.54) is 30.3 Å². The Morgan fingerprint density at radius 3 is 2.25 bits per heavy atom. The summed E-state index contributed by atoms with van der Waals surface area (Å²) in [5.74, 6) is -2.72. The van der Waals surface area contributed by atoms with E-state index in [1.54, 1.807) is 36.4 Å². The van der Waals surface area contributed by atoms with Crippen molar-refractivity contribution in [2.24, 2.45) is 17.2 Å². The van der Waals surface area contributed by atoms with Gasteiger partial charge in [0.1, 0.15) is 18.1 Å². The summed E-state index contributed by atoms with van der Waals surface area (Å²) < 4.78 is 32.7. The van der Waals surface area contributed by atoms with E-state index in [4.69, 9.17) is 38.9 Å². The highest BCUT2D eigenvalue weighted by Crippen LogP contribution is 2.27. The Hall–Kier alpha value is -4.62. The lowest BCUT2D eigenvalue weighted by atomic mass is 10.1. The van der Waals surface area contributed by atoms with Crippen LogP contribution in [-0.4, -0.2) is 45.1 Å². The maximum Gasteiger partial charge on any atom is 0.255 e. The molecule has 0 spiro atoms. The summed E-state index contributed by atoms with van der Waals surface area (Å²) in [4.78, 5) is 36.0. The van der Waals surface area contributed by atoms with Gasteiger partial charge in [0.25, 0.3) is 11.8 Å². The second-order valence-corrected chi connectivity index (χ2v) is 10.9. The molecule has 3 aromatic carbocycles. The lowest BCUT2D eigenvalue weighted by Gasteiger charge is -2.24. The molecule has 0 aliphatic heterocycles. The lowest BCUT2D eigenvalue weighted by molar-refractivity contribution is -0.120. The number of benzene rings is 3. The first-order valence-electron chi connectivity index (χ1n) is 11.7. The molecule has 0 atom stereocenters. The van der Waals surface area contributed by atoms with Crippen molar-refractivity contribution in [3.63, 3.8) is 0 Å². The quantitative estimate of drug-likeness (QED) is 0.146. The third kappa shape index (κ3) is 8.19. The summed E-state index contributed by atoms with van der Waals surface area (Å²) >= 11 is 6.23. The molecule has 12 nitrogen and oxygen atoms in total. The Kier molecular flexibility index (Phi) is 9.69. The van der Waals surface area contributed by atoms with Gasteiger partial charge in [-0.05, 0) is 29.8 Å². The van der Waals surface area contributed by atoms with Crippen LogP contribution in [0.1, 0.15) is 27.0 Å². The number of ether oxygens (including phenoxy) is 1. The first-order chi connectivity index (χ1) is 18.9. The number of nitrogens with two attached hydrogens (primary N) is 3. The Bertz CT molecular complexity index is 1550. The molecule has 0 saturated carbocycles. The number of sulfonamides is 1. The molecule has 3 amide bonds. The predicted octanol–water partition coefficient (Wildman–Crippen LogP) is 1.24. The number of carbonyl (C=O) groups excluding carboxylic acids is 3. The van der Waals surface area contributed by atoms with Gasteiger partial charge in [0.2, 0.25) is 15.9 Å². The van der Waals surface area contributed by atoms with E-state index in [0.29, 0.717) is 16.7 Å². The van der Waals surface area contributed by atoms with Crippen LogP contribution in [-0.2, 0) is 31.9 Å². The van der Waals surface area contributed by atoms with Crippen molar-refractivity contribution in [3.8, 4) is 5.75 Å². The number of anilines is 1. The summed E-state index contributed by atoms with van der Waals surface area (Å²) in [7, 11) is -4.11. The average Bonchev–Trinajstić information content (AvgIpc) is 2.89. The van der Waals surface area contributed by atoms with Crippen molar-refractivity contribution in [2.45, 2.75) is 12.3 Å². The van der Waals surface area contributed by atoms with Crippen molar-refractivity contribution >= 4 is 50.9 Å². The van der Waals surface area contributed by atoms with E-state index in [9.17, 15) is 22.8 Å². The van der Waals surface area contributed by atoms with Crippen molar-refractivity contribution < 1.29 is 27.5 Å². The number of halogens is 1. The number of hydrogen-bond donors (Lipinski definition) is 5. The molecule has 0 aromatic heterocycles. The van der Waals surface area contributed by atoms with Gasteiger partial charge < -0.3 is 27.3 Å². The standard InChI is InChI=1S/C26H27ClN6O6S/c27-20-8-19(26(36)32-12-18-7-6-17(25(30)31)10-22(18)39-14-24(29)35)9-21(11-20)33(13-23(28)34)40(37,38)15-16-4-2-1-3-5-16/h1-11H,12-15H2,(H2,28,34)(H2,29,35)(H3,30,31)(H,32,36). The highest BCUT2D eigenvalue weighted by Gasteiger charge is 2.26. The first kappa shape index (κ1) is 29.9. The third-order valence-corrected chi connectivity index (χ3v) is 7.38. The monoisotopic (exact) mass is 586 g/mol. The number of hydrogen-bond acceptors (Lipinski definition) is 7. The molecule has 0 radical (unpaired) electrons. The number of nitrogens with one attached hydrogen (secondary N) is 2. The zero-order chi connectivity index (χ0) is 29.4. The molecule has 14 heteroatoms. The summed E-state index contributed by atoms with van der Waals surface area (Å²) in [5, 5.41) is 10.3. The SMILES string of the molecule is N=C(N)c1ccc(CNC(=O)c2cc(Cl)cc(N(CC(N)=O)S(=O)(=O)Cc3ccccc3)c2)c(OCC(N)=O)c1. The Balaban J connectivity index is 1.88. The summed E-state index contributed by atoms with van der Waals surface area (Å²) in [6.07, 6.45) is 0. The molecule has 8 N–H and O–H groups in total. The minimum Gasteiger partial charge on any atom is -0.483 e. The van der Waals surface area contributed by atoms with E-state index in [1.807, 2.05) is 0 Å². The van der Waals surface area contributed by atoms with Gasteiger partial charge in [-0.25, -0.2) is 8.42 Å². The van der Waals surface area contributed by atoms with E-state index in [2.05, 4.69) is 5.32 Å². The number of rotatable bonds is 13. The van der Waals surface area contributed by atoms with E-state index in [0.717, 1.165) is 4.31 Å². The van der Waals surface area contributed by atoms with Gasteiger partial charge in [0.15, 0.2) is 6.61 Å². The van der Waals surface area contributed by atoms with Crippen LogP contribution in [0.3, 0.4) is 0 Å². The Morgan fingerprint density at radius 2 is 1.62 bits per heavy atom. The molecule has 0 aliphatic rings. The average molecular weight is 587 g/mol. The van der Waals surface area contributed by atoms with E-state index >= 15 is 0 Å². The zero-order valence-electron chi connectivity index (χ0n) is 21.1. The first-order valence-corrected chi connectivity index (χ1v) is 13.6. The highest BCUT2D eigenvalue weighted by molar-refractivity contribution is 7.92. The molecule has 0 bridgehead atoms. The van der Waals surface area contributed by atoms with Crippen LogP contribution in [0.15, 0.2) is 66.7 Å². The van der Waals surface area contributed by atoms with Crippen LogP contribution in [0.25, 0.3) is 0 Å².